The van der Waals surface area contributed by atoms with E-state index < -0.39 is 0 Å². The van der Waals surface area contributed by atoms with Crippen LogP contribution in [0.4, 0.5) is 0 Å². The molecule has 1 unspecified atom stereocenters. The van der Waals surface area contributed by atoms with E-state index in [1.54, 1.807) is 0 Å². The number of rotatable bonds is 1. The fourth-order valence-electron chi connectivity index (χ4n) is 2.07. The van der Waals surface area contributed by atoms with Crippen molar-refractivity contribution < 1.29 is 4.79 Å². The van der Waals surface area contributed by atoms with Crippen LogP contribution in [-0.2, 0) is 4.79 Å². The van der Waals surface area contributed by atoms with Crippen LogP contribution in [0.25, 0.3) is 6.08 Å². The zero-order valence-electron chi connectivity index (χ0n) is 11.0. The van der Waals surface area contributed by atoms with Gasteiger partial charge < -0.3 is 0 Å². The molecule has 0 aromatic heterocycles. The number of benzene rings is 1. The van der Waals surface area contributed by atoms with E-state index in [2.05, 4.69) is 13.0 Å². The Morgan fingerprint density at radius 1 is 1.21 bits per heavy atom. The molecule has 1 aliphatic rings. The molecule has 2 rings (SSSR count). The average molecular weight is 273 g/mol. The third-order valence-electron chi connectivity index (χ3n) is 3.10. The SMILES string of the molecule is CC1/C=C\C=C/CC(=O)/C(=C/c2ccc(Cl)cc2)C1. The molecule has 0 N–H and O–H groups in total. The minimum atomic E-state index is 0.196. The molecular weight excluding hydrogens is 256 g/mol. The summed E-state index contributed by atoms with van der Waals surface area (Å²) in [5, 5.41) is 0.710. The van der Waals surface area contributed by atoms with E-state index in [4.69, 9.17) is 11.6 Å². The van der Waals surface area contributed by atoms with Crippen LogP contribution in [0, 0.1) is 5.92 Å². The van der Waals surface area contributed by atoms with E-state index in [0.29, 0.717) is 17.4 Å². The summed E-state index contributed by atoms with van der Waals surface area (Å²) < 4.78 is 0. The largest absolute Gasteiger partial charge is 0.294 e. The maximum absolute atomic E-state index is 12.2. The molecule has 0 amide bonds. The fraction of sp³-hybridized carbons (Fsp3) is 0.235. The predicted octanol–water partition coefficient (Wildman–Crippen LogP) is 4.83. The normalized spacial score (nSPS) is 25.5. The number of allylic oxidation sites excluding steroid dienone is 5. The van der Waals surface area contributed by atoms with E-state index in [1.807, 2.05) is 48.6 Å². The van der Waals surface area contributed by atoms with Gasteiger partial charge in [0.2, 0.25) is 0 Å². The van der Waals surface area contributed by atoms with Gasteiger partial charge in [0.25, 0.3) is 0 Å². The first-order chi connectivity index (χ1) is 9.15. The summed E-state index contributed by atoms with van der Waals surface area (Å²) in [5.74, 6) is 0.562. The molecule has 98 valence electrons. The molecular formula is C17H17ClO. The third kappa shape index (κ3) is 4.22. The van der Waals surface area contributed by atoms with Gasteiger partial charge in [-0.1, -0.05) is 55.0 Å². The Kier molecular flexibility index (Phi) is 4.75. The zero-order chi connectivity index (χ0) is 13.7. The van der Waals surface area contributed by atoms with Gasteiger partial charge in [-0.05, 0) is 41.7 Å². The van der Waals surface area contributed by atoms with Gasteiger partial charge in [-0.15, -0.1) is 0 Å². The summed E-state index contributed by atoms with van der Waals surface area (Å²) in [5.41, 5.74) is 1.90. The minimum Gasteiger partial charge on any atom is -0.294 e. The molecule has 2 heteroatoms. The van der Waals surface area contributed by atoms with Crippen molar-refractivity contribution in [3.05, 3.63) is 64.7 Å². The van der Waals surface area contributed by atoms with Gasteiger partial charge in [-0.25, -0.2) is 0 Å². The van der Waals surface area contributed by atoms with Crippen LogP contribution >= 0.6 is 11.6 Å². The molecule has 0 saturated heterocycles. The Morgan fingerprint density at radius 2 is 1.95 bits per heavy atom. The summed E-state index contributed by atoms with van der Waals surface area (Å²) in [6.45, 7) is 2.12. The molecule has 1 atom stereocenters. The molecule has 1 nitrogen and oxygen atoms in total. The van der Waals surface area contributed by atoms with Gasteiger partial charge in [0.1, 0.15) is 0 Å². The Balaban J connectivity index is 2.28. The monoisotopic (exact) mass is 272 g/mol. The standard InChI is InChI=1S/C17H17ClO/c1-13-5-3-2-4-6-17(19)15(11-13)12-14-7-9-16(18)10-8-14/h2-5,7-10,12-13H,6,11H2,1H3/b4-2-,5-3-,15-12+. The van der Waals surface area contributed by atoms with Crippen LogP contribution in [0.3, 0.4) is 0 Å². The Bertz CT molecular complexity index is 535. The smallest absolute Gasteiger partial charge is 0.162 e. The Morgan fingerprint density at radius 3 is 2.68 bits per heavy atom. The second-order valence-corrected chi connectivity index (χ2v) is 5.28. The number of Topliss-reactive ketones (excluding diaryl/α,β-unsaturated/α-hetero) is 1. The van der Waals surface area contributed by atoms with E-state index in [9.17, 15) is 4.79 Å². The molecule has 0 bridgehead atoms. The summed E-state index contributed by atoms with van der Waals surface area (Å²) in [7, 11) is 0. The van der Waals surface area contributed by atoms with Crippen LogP contribution in [0.1, 0.15) is 25.3 Å². The molecule has 1 aromatic rings. The topological polar surface area (TPSA) is 17.1 Å². The number of carbonyl (C=O) groups is 1. The summed E-state index contributed by atoms with van der Waals surface area (Å²) >= 11 is 5.87. The van der Waals surface area contributed by atoms with Gasteiger partial charge in [0.05, 0.1) is 0 Å². The lowest BCUT2D eigenvalue weighted by Crippen LogP contribution is -2.04. The number of ketones is 1. The quantitative estimate of drug-likeness (QED) is 0.669. The van der Waals surface area contributed by atoms with E-state index in [1.165, 1.54) is 0 Å². The van der Waals surface area contributed by atoms with Gasteiger partial charge in [0.15, 0.2) is 5.78 Å². The van der Waals surface area contributed by atoms with Crippen LogP contribution in [0.15, 0.2) is 54.1 Å². The maximum Gasteiger partial charge on any atom is 0.162 e. The Hall–Kier alpha value is -1.60. The van der Waals surface area contributed by atoms with Gasteiger partial charge in [-0.3, -0.25) is 4.79 Å². The van der Waals surface area contributed by atoms with Crippen LogP contribution < -0.4 is 0 Å². The average Bonchev–Trinajstić information content (AvgIpc) is 2.46. The van der Waals surface area contributed by atoms with E-state index >= 15 is 0 Å². The van der Waals surface area contributed by atoms with Crippen LogP contribution in [0.5, 0.6) is 0 Å². The van der Waals surface area contributed by atoms with Crippen molar-refractivity contribution in [3.8, 4) is 0 Å². The van der Waals surface area contributed by atoms with E-state index in [-0.39, 0.29) is 5.78 Å². The summed E-state index contributed by atoms with van der Waals surface area (Å²) in [6.07, 6.45) is 11.2. The van der Waals surface area contributed by atoms with Crippen molar-refractivity contribution in [2.75, 3.05) is 0 Å². The molecule has 1 aliphatic carbocycles. The van der Waals surface area contributed by atoms with Crippen LogP contribution in [0.2, 0.25) is 5.02 Å². The molecule has 1 aromatic carbocycles. The first kappa shape index (κ1) is 13.8. The van der Waals surface area contributed by atoms with Gasteiger partial charge >= 0.3 is 0 Å². The first-order valence-corrected chi connectivity index (χ1v) is 6.85. The number of halogens is 1. The van der Waals surface area contributed by atoms with Gasteiger partial charge in [0, 0.05) is 11.4 Å². The fourth-order valence-corrected chi connectivity index (χ4v) is 2.19. The van der Waals surface area contributed by atoms with Crippen molar-refractivity contribution >= 4 is 23.5 Å². The van der Waals surface area contributed by atoms with Crippen LogP contribution in [-0.4, -0.2) is 5.78 Å². The summed E-state index contributed by atoms with van der Waals surface area (Å²) in [4.78, 5) is 12.2. The molecule has 0 aliphatic heterocycles. The second kappa shape index (κ2) is 6.53. The van der Waals surface area contributed by atoms with Gasteiger partial charge in [-0.2, -0.15) is 0 Å². The lowest BCUT2D eigenvalue weighted by atomic mass is 9.95. The highest BCUT2D eigenvalue weighted by Crippen LogP contribution is 2.21. The third-order valence-corrected chi connectivity index (χ3v) is 3.35. The second-order valence-electron chi connectivity index (χ2n) is 4.84. The molecule has 0 fully saturated rings. The lowest BCUT2D eigenvalue weighted by Gasteiger charge is -2.09. The number of carbonyl (C=O) groups excluding carboxylic acids is 1. The van der Waals surface area contributed by atoms with E-state index in [0.717, 1.165) is 17.6 Å². The van der Waals surface area contributed by atoms with Crippen molar-refractivity contribution in [2.45, 2.75) is 19.8 Å². The highest BCUT2D eigenvalue weighted by Gasteiger charge is 2.12. The molecule has 0 spiro atoms. The molecule has 0 heterocycles. The lowest BCUT2D eigenvalue weighted by molar-refractivity contribution is -0.114. The van der Waals surface area contributed by atoms with Crippen molar-refractivity contribution in [1.29, 1.82) is 0 Å². The summed E-state index contributed by atoms with van der Waals surface area (Å²) in [6, 6.07) is 7.56. The number of hydrogen-bond donors (Lipinski definition) is 0. The molecule has 0 saturated carbocycles. The highest BCUT2D eigenvalue weighted by atomic mass is 35.5. The van der Waals surface area contributed by atoms with Crippen molar-refractivity contribution in [2.24, 2.45) is 5.92 Å². The maximum atomic E-state index is 12.2. The predicted molar refractivity (Wildman–Crippen MR) is 81.1 cm³/mol. The zero-order valence-corrected chi connectivity index (χ0v) is 11.7. The Labute approximate surface area is 119 Å². The molecule has 19 heavy (non-hydrogen) atoms. The minimum absolute atomic E-state index is 0.196. The highest BCUT2D eigenvalue weighted by molar-refractivity contribution is 6.30. The molecule has 0 radical (unpaired) electrons. The van der Waals surface area contributed by atoms with Crippen molar-refractivity contribution in [1.82, 2.24) is 0 Å². The van der Waals surface area contributed by atoms with Crippen molar-refractivity contribution in [3.63, 3.8) is 0 Å². The number of hydrogen-bond acceptors (Lipinski definition) is 1. The first-order valence-electron chi connectivity index (χ1n) is 6.48.